The molecule has 0 spiro atoms. The zero-order valence-corrected chi connectivity index (χ0v) is 13.0. The molecule has 0 atom stereocenters. The molecule has 1 fully saturated rings. The fourth-order valence-corrected chi connectivity index (χ4v) is 3.02. The molecule has 1 aliphatic rings. The van der Waals surface area contributed by atoms with E-state index in [0.717, 1.165) is 12.4 Å². The molecule has 0 aromatic carbocycles. The van der Waals surface area contributed by atoms with Crippen molar-refractivity contribution in [2.24, 2.45) is 5.92 Å². The van der Waals surface area contributed by atoms with Gasteiger partial charge in [0.2, 0.25) is 0 Å². The van der Waals surface area contributed by atoms with Crippen LogP contribution in [0.5, 0.6) is 5.75 Å². The summed E-state index contributed by atoms with van der Waals surface area (Å²) < 4.78 is 12.8. The number of ether oxygens (including phenoxy) is 2. The summed E-state index contributed by atoms with van der Waals surface area (Å²) in [5, 5.41) is 0. The lowest BCUT2D eigenvalue weighted by Gasteiger charge is -2.21. The van der Waals surface area contributed by atoms with E-state index in [0.29, 0.717) is 23.9 Å². The van der Waals surface area contributed by atoms with E-state index in [9.17, 15) is 4.79 Å². The third-order valence-electron chi connectivity index (χ3n) is 4.18. The van der Waals surface area contributed by atoms with Crippen LogP contribution in [0.15, 0.2) is 24.5 Å². The number of pyridine rings is 1. The van der Waals surface area contributed by atoms with Crippen LogP contribution in [0.4, 0.5) is 0 Å². The third kappa shape index (κ3) is 3.08. The van der Waals surface area contributed by atoms with Crippen molar-refractivity contribution in [1.29, 1.82) is 0 Å². The van der Waals surface area contributed by atoms with Crippen LogP contribution in [0, 0.1) is 5.92 Å². The molecule has 22 heavy (non-hydrogen) atoms. The summed E-state index contributed by atoms with van der Waals surface area (Å²) >= 11 is 0. The Morgan fingerprint density at radius 3 is 2.95 bits per heavy atom. The molecule has 0 saturated heterocycles. The smallest absolute Gasteiger partial charge is 0.356 e. The van der Waals surface area contributed by atoms with E-state index < -0.39 is 0 Å². The summed E-state index contributed by atoms with van der Waals surface area (Å²) in [7, 11) is 0. The average molecular weight is 302 g/mol. The predicted molar refractivity (Wildman–Crippen MR) is 83.2 cm³/mol. The Bertz CT molecular complexity index is 644. The number of carbonyl (C=O) groups is 1. The molecule has 118 valence electrons. The number of imidazole rings is 1. The van der Waals surface area contributed by atoms with Gasteiger partial charge in [0.25, 0.3) is 0 Å². The Hall–Kier alpha value is -2.04. The second kappa shape index (κ2) is 6.81. The van der Waals surface area contributed by atoms with E-state index in [1.54, 1.807) is 17.5 Å². The fraction of sp³-hybridized carbons (Fsp3) is 0.529. The summed E-state index contributed by atoms with van der Waals surface area (Å²) in [5.74, 6) is 0.997. The number of nitrogens with zero attached hydrogens (tertiary/aromatic N) is 2. The summed E-state index contributed by atoms with van der Waals surface area (Å²) in [6, 6.07) is 3.77. The molecule has 2 aromatic heterocycles. The van der Waals surface area contributed by atoms with Gasteiger partial charge in [0.1, 0.15) is 0 Å². The average Bonchev–Trinajstić information content (AvgIpc) is 2.99. The van der Waals surface area contributed by atoms with Gasteiger partial charge in [-0.25, -0.2) is 9.78 Å². The van der Waals surface area contributed by atoms with Gasteiger partial charge < -0.3 is 9.47 Å². The molecule has 0 N–H and O–H groups in total. The van der Waals surface area contributed by atoms with Gasteiger partial charge in [-0.15, -0.1) is 0 Å². The number of rotatable bonds is 5. The Morgan fingerprint density at radius 2 is 2.18 bits per heavy atom. The van der Waals surface area contributed by atoms with Crippen LogP contribution in [0.2, 0.25) is 0 Å². The minimum Gasteiger partial charge on any atom is -0.489 e. The first-order valence-electron chi connectivity index (χ1n) is 8.05. The predicted octanol–water partition coefficient (Wildman–Crippen LogP) is 3.47. The Morgan fingerprint density at radius 1 is 1.36 bits per heavy atom. The maximum absolute atomic E-state index is 11.9. The molecule has 0 bridgehead atoms. The Labute approximate surface area is 130 Å². The van der Waals surface area contributed by atoms with Crippen LogP contribution in [-0.2, 0) is 4.74 Å². The van der Waals surface area contributed by atoms with E-state index in [4.69, 9.17) is 9.47 Å². The second-order valence-corrected chi connectivity index (χ2v) is 5.74. The largest absolute Gasteiger partial charge is 0.489 e. The molecule has 0 unspecified atom stereocenters. The summed E-state index contributed by atoms with van der Waals surface area (Å²) in [5.41, 5.74) is 1.10. The Balaban J connectivity index is 1.77. The van der Waals surface area contributed by atoms with Crippen LogP contribution in [0.3, 0.4) is 0 Å². The lowest BCUT2D eigenvalue weighted by Crippen LogP contribution is -2.15. The van der Waals surface area contributed by atoms with Crippen molar-refractivity contribution in [3.05, 3.63) is 30.2 Å². The lowest BCUT2D eigenvalue weighted by molar-refractivity contribution is 0.0518. The molecular weight excluding hydrogens is 280 g/mol. The Kier molecular flexibility index (Phi) is 4.61. The molecule has 2 heterocycles. The monoisotopic (exact) mass is 302 g/mol. The molecule has 0 aliphatic heterocycles. The highest BCUT2D eigenvalue weighted by Gasteiger charge is 2.17. The fourth-order valence-electron chi connectivity index (χ4n) is 3.02. The van der Waals surface area contributed by atoms with E-state index in [1.165, 1.54) is 32.1 Å². The molecule has 3 rings (SSSR count). The van der Waals surface area contributed by atoms with E-state index in [1.807, 2.05) is 18.3 Å². The van der Waals surface area contributed by atoms with E-state index in [2.05, 4.69) is 4.98 Å². The molecule has 1 saturated carbocycles. The zero-order chi connectivity index (χ0) is 15.4. The molecule has 0 amide bonds. The highest BCUT2D eigenvalue weighted by atomic mass is 16.5. The minimum absolute atomic E-state index is 0.351. The van der Waals surface area contributed by atoms with Gasteiger partial charge in [0.15, 0.2) is 17.1 Å². The number of hydrogen-bond acceptors (Lipinski definition) is 4. The first-order chi connectivity index (χ1) is 10.8. The molecule has 2 aromatic rings. The van der Waals surface area contributed by atoms with Gasteiger partial charge in [0, 0.05) is 6.20 Å². The van der Waals surface area contributed by atoms with Gasteiger partial charge in [-0.2, -0.15) is 0 Å². The number of hydrogen-bond donors (Lipinski definition) is 0. The minimum atomic E-state index is -0.362. The SMILES string of the molecule is CCOC(=O)c1cnc2c(OCC3CCCCC3)cccn12. The standard InChI is InChI=1S/C17H22N2O3/c1-2-21-17(20)14-11-18-16-15(9-6-10-19(14)16)22-12-13-7-4-3-5-8-13/h6,9-11,13H,2-5,7-8,12H2,1H3. The van der Waals surface area contributed by atoms with Gasteiger partial charge in [-0.1, -0.05) is 19.3 Å². The van der Waals surface area contributed by atoms with Crippen LogP contribution < -0.4 is 4.74 Å². The van der Waals surface area contributed by atoms with E-state index >= 15 is 0 Å². The van der Waals surface area contributed by atoms with Gasteiger partial charge in [-0.3, -0.25) is 4.40 Å². The number of aromatic nitrogens is 2. The van der Waals surface area contributed by atoms with Crippen LogP contribution >= 0.6 is 0 Å². The second-order valence-electron chi connectivity index (χ2n) is 5.74. The maximum atomic E-state index is 11.9. The third-order valence-corrected chi connectivity index (χ3v) is 4.18. The summed E-state index contributed by atoms with van der Waals surface area (Å²) in [4.78, 5) is 16.2. The van der Waals surface area contributed by atoms with Crippen molar-refractivity contribution >= 4 is 11.6 Å². The van der Waals surface area contributed by atoms with E-state index in [-0.39, 0.29) is 5.97 Å². The van der Waals surface area contributed by atoms with Crippen molar-refractivity contribution in [2.75, 3.05) is 13.2 Å². The quantitative estimate of drug-likeness (QED) is 0.794. The first-order valence-corrected chi connectivity index (χ1v) is 8.05. The molecule has 0 radical (unpaired) electrons. The summed E-state index contributed by atoms with van der Waals surface area (Å²) in [6.07, 6.45) is 9.78. The summed E-state index contributed by atoms with van der Waals surface area (Å²) in [6.45, 7) is 2.87. The van der Waals surface area contributed by atoms with Gasteiger partial charge in [0.05, 0.1) is 19.4 Å². The topological polar surface area (TPSA) is 52.8 Å². The normalized spacial score (nSPS) is 15.9. The van der Waals surface area contributed by atoms with Crippen molar-refractivity contribution in [3.8, 4) is 5.75 Å². The molecule has 1 aliphatic carbocycles. The molecule has 5 nitrogen and oxygen atoms in total. The molecule has 5 heteroatoms. The van der Waals surface area contributed by atoms with Crippen molar-refractivity contribution in [1.82, 2.24) is 9.38 Å². The molecular formula is C17H22N2O3. The van der Waals surface area contributed by atoms with Gasteiger partial charge >= 0.3 is 5.97 Å². The van der Waals surface area contributed by atoms with Crippen LogP contribution in [0.1, 0.15) is 49.5 Å². The maximum Gasteiger partial charge on any atom is 0.356 e. The number of carbonyl (C=O) groups excluding carboxylic acids is 1. The van der Waals surface area contributed by atoms with Gasteiger partial charge in [-0.05, 0) is 37.8 Å². The number of esters is 1. The highest BCUT2D eigenvalue weighted by molar-refractivity contribution is 5.88. The van der Waals surface area contributed by atoms with Crippen molar-refractivity contribution in [2.45, 2.75) is 39.0 Å². The van der Waals surface area contributed by atoms with Crippen LogP contribution in [0.25, 0.3) is 5.65 Å². The highest BCUT2D eigenvalue weighted by Crippen LogP contribution is 2.26. The number of fused-ring (bicyclic) bond motifs is 1. The van der Waals surface area contributed by atoms with Crippen LogP contribution in [-0.4, -0.2) is 28.6 Å². The lowest BCUT2D eigenvalue weighted by atomic mass is 9.90. The first kappa shape index (κ1) is 14.9. The zero-order valence-electron chi connectivity index (χ0n) is 13.0. The van der Waals surface area contributed by atoms with Crippen molar-refractivity contribution < 1.29 is 14.3 Å². The van der Waals surface area contributed by atoms with Crippen molar-refractivity contribution in [3.63, 3.8) is 0 Å².